The Balaban J connectivity index is 1.72. The molecule has 0 aliphatic carbocycles. The van der Waals surface area contributed by atoms with Crippen molar-refractivity contribution in [1.82, 2.24) is 9.62 Å². The van der Waals surface area contributed by atoms with Crippen LogP contribution >= 0.6 is 0 Å². The third kappa shape index (κ3) is 4.27. The highest BCUT2D eigenvalue weighted by atomic mass is 32.2. The van der Waals surface area contributed by atoms with Crippen molar-refractivity contribution in [3.8, 4) is 5.75 Å². The first-order valence-corrected chi connectivity index (χ1v) is 10.7. The van der Waals surface area contributed by atoms with Crippen LogP contribution in [-0.4, -0.2) is 63.3 Å². The molecule has 2 aliphatic heterocycles. The number of nitrogens with one attached hydrogen (secondary N) is 1. The van der Waals surface area contributed by atoms with Crippen molar-refractivity contribution in [2.75, 3.05) is 44.2 Å². The zero-order valence-electron chi connectivity index (χ0n) is 15.1. The quantitative estimate of drug-likeness (QED) is 0.858. The maximum absolute atomic E-state index is 12.5. The SMILES string of the molecule is CC(C)S(=O)(=O)N1CCCC(Oc2ccccc2N2CCNCC2)C1. The second-order valence-corrected chi connectivity index (χ2v) is 9.53. The molecule has 0 spiro atoms. The van der Waals surface area contributed by atoms with Gasteiger partial charge in [-0.05, 0) is 38.8 Å². The van der Waals surface area contributed by atoms with Crippen LogP contribution in [0.1, 0.15) is 26.7 Å². The number of piperidine rings is 1. The number of benzene rings is 1. The van der Waals surface area contributed by atoms with Gasteiger partial charge in [0.25, 0.3) is 0 Å². The second kappa shape index (κ2) is 7.93. The lowest BCUT2D eigenvalue weighted by Crippen LogP contribution is -2.47. The molecule has 1 aromatic rings. The predicted molar refractivity (Wildman–Crippen MR) is 101 cm³/mol. The first-order valence-electron chi connectivity index (χ1n) is 9.19. The molecule has 2 fully saturated rings. The number of para-hydroxylation sites is 2. The van der Waals surface area contributed by atoms with Crippen LogP contribution in [0.3, 0.4) is 0 Å². The molecule has 0 saturated carbocycles. The molecule has 3 rings (SSSR count). The van der Waals surface area contributed by atoms with Gasteiger partial charge in [0.1, 0.15) is 11.9 Å². The standard InChI is InChI=1S/C18H29N3O3S/c1-15(2)25(22,23)21-11-5-6-16(14-21)24-18-8-4-3-7-17(18)20-12-9-19-10-13-20/h3-4,7-8,15-16,19H,5-6,9-14H2,1-2H3. The van der Waals surface area contributed by atoms with Crippen molar-refractivity contribution in [2.45, 2.75) is 38.0 Å². The number of nitrogens with zero attached hydrogens (tertiary/aromatic N) is 2. The number of hydrogen-bond acceptors (Lipinski definition) is 5. The van der Waals surface area contributed by atoms with Gasteiger partial charge in [0.2, 0.25) is 10.0 Å². The van der Waals surface area contributed by atoms with E-state index in [4.69, 9.17) is 4.74 Å². The molecule has 0 aromatic heterocycles. The Bertz CT molecular complexity index is 672. The average molecular weight is 368 g/mol. The average Bonchev–Trinajstić information content (AvgIpc) is 2.63. The minimum Gasteiger partial charge on any atom is -0.487 e. The Kier molecular flexibility index (Phi) is 5.86. The number of ether oxygens (including phenoxy) is 1. The van der Waals surface area contributed by atoms with E-state index in [0.717, 1.165) is 50.5 Å². The van der Waals surface area contributed by atoms with Gasteiger partial charge in [0, 0.05) is 32.7 Å². The van der Waals surface area contributed by atoms with Gasteiger partial charge in [-0.25, -0.2) is 8.42 Å². The van der Waals surface area contributed by atoms with Gasteiger partial charge < -0.3 is 15.0 Å². The molecule has 140 valence electrons. The molecule has 0 radical (unpaired) electrons. The van der Waals surface area contributed by atoms with Gasteiger partial charge in [-0.2, -0.15) is 4.31 Å². The van der Waals surface area contributed by atoms with E-state index >= 15 is 0 Å². The molecular weight excluding hydrogens is 338 g/mol. The molecular formula is C18H29N3O3S. The minimum atomic E-state index is -3.22. The summed E-state index contributed by atoms with van der Waals surface area (Å²) in [5, 5.41) is 2.97. The van der Waals surface area contributed by atoms with E-state index in [9.17, 15) is 8.42 Å². The van der Waals surface area contributed by atoms with Crippen molar-refractivity contribution in [1.29, 1.82) is 0 Å². The van der Waals surface area contributed by atoms with Crippen LogP contribution in [-0.2, 0) is 10.0 Å². The molecule has 2 aliphatic rings. The molecule has 1 N–H and O–H groups in total. The van der Waals surface area contributed by atoms with E-state index in [0.29, 0.717) is 13.1 Å². The summed E-state index contributed by atoms with van der Waals surface area (Å²) >= 11 is 0. The van der Waals surface area contributed by atoms with Gasteiger partial charge in [0.05, 0.1) is 17.5 Å². The number of piperazine rings is 1. The van der Waals surface area contributed by atoms with Crippen LogP contribution in [0.15, 0.2) is 24.3 Å². The molecule has 6 nitrogen and oxygen atoms in total. The minimum absolute atomic E-state index is 0.0914. The predicted octanol–water partition coefficient (Wildman–Crippen LogP) is 1.68. The smallest absolute Gasteiger partial charge is 0.216 e. The molecule has 7 heteroatoms. The lowest BCUT2D eigenvalue weighted by Gasteiger charge is -2.35. The molecule has 2 heterocycles. The van der Waals surface area contributed by atoms with Gasteiger partial charge in [-0.3, -0.25) is 0 Å². The van der Waals surface area contributed by atoms with E-state index in [2.05, 4.69) is 16.3 Å². The highest BCUT2D eigenvalue weighted by Crippen LogP contribution is 2.31. The van der Waals surface area contributed by atoms with Gasteiger partial charge >= 0.3 is 0 Å². The summed E-state index contributed by atoms with van der Waals surface area (Å²) in [5.74, 6) is 0.859. The first kappa shape index (κ1) is 18.5. The van der Waals surface area contributed by atoms with Crippen molar-refractivity contribution >= 4 is 15.7 Å². The fraction of sp³-hybridized carbons (Fsp3) is 0.667. The largest absolute Gasteiger partial charge is 0.487 e. The fourth-order valence-corrected chi connectivity index (χ4v) is 4.79. The molecule has 1 atom stereocenters. The maximum Gasteiger partial charge on any atom is 0.216 e. The topological polar surface area (TPSA) is 61.9 Å². The summed E-state index contributed by atoms with van der Waals surface area (Å²) in [7, 11) is -3.22. The van der Waals surface area contributed by atoms with Gasteiger partial charge in [-0.15, -0.1) is 0 Å². The normalized spacial score (nSPS) is 23.0. The fourth-order valence-electron chi connectivity index (χ4n) is 3.43. The molecule has 1 aromatic carbocycles. The van der Waals surface area contributed by atoms with Crippen LogP contribution in [0.4, 0.5) is 5.69 Å². The Labute approximate surface area is 151 Å². The molecule has 0 bridgehead atoms. The summed E-state index contributed by atoms with van der Waals surface area (Å²) in [6.07, 6.45) is 1.64. The molecule has 2 saturated heterocycles. The number of hydrogen-bond donors (Lipinski definition) is 1. The van der Waals surface area contributed by atoms with Crippen molar-refractivity contribution in [3.05, 3.63) is 24.3 Å². The summed E-state index contributed by atoms with van der Waals surface area (Å²) < 4.78 is 32.8. The van der Waals surface area contributed by atoms with Crippen molar-refractivity contribution in [2.24, 2.45) is 0 Å². The summed E-state index contributed by atoms with van der Waals surface area (Å²) in [5.41, 5.74) is 1.10. The Morgan fingerprint density at radius 2 is 1.88 bits per heavy atom. The van der Waals surface area contributed by atoms with E-state index in [1.54, 1.807) is 18.2 Å². The van der Waals surface area contributed by atoms with E-state index in [1.807, 2.05) is 18.2 Å². The second-order valence-electron chi connectivity index (χ2n) is 7.04. The van der Waals surface area contributed by atoms with Crippen molar-refractivity contribution in [3.63, 3.8) is 0 Å². The summed E-state index contributed by atoms with van der Waals surface area (Å²) in [6.45, 7) is 8.36. The zero-order valence-corrected chi connectivity index (χ0v) is 16.0. The van der Waals surface area contributed by atoms with Crippen LogP contribution in [0.25, 0.3) is 0 Å². The Morgan fingerprint density at radius 1 is 1.16 bits per heavy atom. The number of rotatable bonds is 5. The summed E-state index contributed by atoms with van der Waals surface area (Å²) in [4.78, 5) is 2.33. The molecule has 25 heavy (non-hydrogen) atoms. The lowest BCUT2D eigenvalue weighted by molar-refractivity contribution is 0.129. The van der Waals surface area contributed by atoms with Crippen LogP contribution in [0.2, 0.25) is 0 Å². The molecule has 0 amide bonds. The van der Waals surface area contributed by atoms with Gasteiger partial charge in [-0.1, -0.05) is 12.1 Å². The van der Waals surface area contributed by atoms with Crippen LogP contribution in [0, 0.1) is 0 Å². The van der Waals surface area contributed by atoms with E-state index in [1.165, 1.54) is 0 Å². The van der Waals surface area contributed by atoms with Crippen LogP contribution in [0.5, 0.6) is 5.75 Å². The number of anilines is 1. The molecule has 1 unspecified atom stereocenters. The summed E-state index contributed by atoms with van der Waals surface area (Å²) in [6, 6.07) is 8.09. The highest BCUT2D eigenvalue weighted by Gasteiger charge is 2.32. The Hall–Kier alpha value is -1.31. The van der Waals surface area contributed by atoms with E-state index in [-0.39, 0.29) is 11.4 Å². The third-order valence-corrected chi connectivity index (χ3v) is 7.16. The lowest BCUT2D eigenvalue weighted by atomic mass is 10.1. The third-order valence-electron chi connectivity index (χ3n) is 4.91. The van der Waals surface area contributed by atoms with Crippen LogP contribution < -0.4 is 15.0 Å². The van der Waals surface area contributed by atoms with Crippen molar-refractivity contribution < 1.29 is 13.2 Å². The maximum atomic E-state index is 12.5. The van der Waals surface area contributed by atoms with E-state index < -0.39 is 10.0 Å². The van der Waals surface area contributed by atoms with Gasteiger partial charge in [0.15, 0.2) is 0 Å². The monoisotopic (exact) mass is 367 g/mol. The Morgan fingerprint density at radius 3 is 2.60 bits per heavy atom. The number of sulfonamides is 1. The first-order chi connectivity index (χ1) is 12.0. The zero-order chi connectivity index (χ0) is 17.9. The highest BCUT2D eigenvalue weighted by molar-refractivity contribution is 7.89.